The first-order valence-electron chi connectivity index (χ1n) is 9.35. The largest absolute Gasteiger partial charge is 0.366 e. The van der Waals surface area contributed by atoms with Crippen molar-refractivity contribution in [1.82, 2.24) is 4.57 Å². The lowest BCUT2D eigenvalue weighted by atomic mass is 10.0. The number of nitrogens with two attached hydrogens (primary N) is 1. The van der Waals surface area contributed by atoms with Gasteiger partial charge >= 0.3 is 0 Å². The summed E-state index contributed by atoms with van der Waals surface area (Å²) < 4.78 is 2.18. The number of primary amides is 1. The van der Waals surface area contributed by atoms with E-state index in [0.29, 0.717) is 22.2 Å². The Bertz CT molecular complexity index is 1420. The number of aromatic nitrogens is 1. The van der Waals surface area contributed by atoms with E-state index in [1.54, 1.807) is 23.5 Å². The van der Waals surface area contributed by atoms with Gasteiger partial charge in [-0.1, -0.05) is 53.5 Å². The molecule has 0 spiro atoms. The molecule has 1 amide bonds. The van der Waals surface area contributed by atoms with Crippen LogP contribution in [0.25, 0.3) is 32.2 Å². The first kappa shape index (κ1) is 19.2. The summed E-state index contributed by atoms with van der Waals surface area (Å²) in [6, 6.07) is 21.6. The van der Waals surface area contributed by atoms with E-state index in [1.165, 1.54) is 4.88 Å². The Morgan fingerprint density at radius 3 is 2.57 bits per heavy atom. The van der Waals surface area contributed by atoms with E-state index in [4.69, 9.17) is 28.9 Å². The number of thiophene rings is 1. The minimum absolute atomic E-state index is 0.438. The zero-order valence-corrected chi connectivity index (χ0v) is 18.1. The molecule has 0 atom stereocenters. The summed E-state index contributed by atoms with van der Waals surface area (Å²) in [5.41, 5.74) is 10.3. The number of carbonyl (C=O) groups is 1. The summed E-state index contributed by atoms with van der Waals surface area (Å²) >= 11 is 14.2. The number of hydrogen-bond donors (Lipinski definition) is 1. The van der Waals surface area contributed by atoms with E-state index in [1.807, 2.05) is 30.3 Å². The number of halogens is 2. The molecular weight excluding hydrogens is 435 g/mol. The van der Waals surface area contributed by atoms with Crippen molar-refractivity contribution in [1.29, 1.82) is 0 Å². The Labute approximate surface area is 187 Å². The maximum absolute atomic E-state index is 12.2. The standard InChI is InChI=1S/C24H16Cl2N2OS/c25-16-8-6-15(19(26)12-16)13-28-20-4-1-3-18(24(27)29)23(20)17-9-7-14(11-21(17)28)22-5-2-10-30-22/h1-12H,13H2,(H2,27,29). The van der Waals surface area contributed by atoms with Gasteiger partial charge in [-0.3, -0.25) is 4.79 Å². The maximum atomic E-state index is 12.2. The molecule has 3 nitrogen and oxygen atoms in total. The number of rotatable bonds is 4. The molecule has 0 unspecified atom stereocenters. The monoisotopic (exact) mass is 450 g/mol. The molecule has 0 bridgehead atoms. The first-order chi connectivity index (χ1) is 14.5. The van der Waals surface area contributed by atoms with Gasteiger partial charge in [-0.2, -0.15) is 0 Å². The number of carbonyl (C=O) groups excluding carboxylic acids is 1. The zero-order valence-electron chi connectivity index (χ0n) is 15.7. The fraction of sp³-hybridized carbons (Fsp3) is 0.0417. The third kappa shape index (κ3) is 3.18. The molecule has 0 aliphatic heterocycles. The van der Waals surface area contributed by atoms with Crippen molar-refractivity contribution < 1.29 is 4.79 Å². The Balaban J connectivity index is 1.82. The van der Waals surface area contributed by atoms with Crippen LogP contribution in [-0.4, -0.2) is 10.5 Å². The third-order valence-electron chi connectivity index (χ3n) is 5.31. The molecule has 148 valence electrons. The van der Waals surface area contributed by atoms with Crippen LogP contribution in [0.15, 0.2) is 72.1 Å². The van der Waals surface area contributed by atoms with Gasteiger partial charge in [0.15, 0.2) is 0 Å². The van der Waals surface area contributed by atoms with Crippen LogP contribution in [-0.2, 0) is 6.54 Å². The molecule has 3 aromatic carbocycles. The highest BCUT2D eigenvalue weighted by atomic mass is 35.5. The van der Waals surface area contributed by atoms with Crippen LogP contribution in [0.2, 0.25) is 10.0 Å². The summed E-state index contributed by atoms with van der Waals surface area (Å²) in [7, 11) is 0. The highest BCUT2D eigenvalue weighted by molar-refractivity contribution is 7.13. The maximum Gasteiger partial charge on any atom is 0.249 e. The minimum atomic E-state index is -0.438. The second-order valence-electron chi connectivity index (χ2n) is 7.10. The van der Waals surface area contributed by atoms with Crippen molar-refractivity contribution in [2.45, 2.75) is 6.54 Å². The highest BCUT2D eigenvalue weighted by Gasteiger charge is 2.18. The summed E-state index contributed by atoms with van der Waals surface area (Å²) in [6.07, 6.45) is 0. The quantitative estimate of drug-likeness (QED) is 0.315. The van der Waals surface area contributed by atoms with E-state index in [9.17, 15) is 4.79 Å². The van der Waals surface area contributed by atoms with Gasteiger partial charge in [0.05, 0.1) is 11.0 Å². The molecule has 30 heavy (non-hydrogen) atoms. The molecule has 6 heteroatoms. The first-order valence-corrected chi connectivity index (χ1v) is 11.0. The van der Waals surface area contributed by atoms with Gasteiger partial charge < -0.3 is 10.3 Å². The highest BCUT2D eigenvalue weighted by Crippen LogP contribution is 2.36. The summed E-state index contributed by atoms with van der Waals surface area (Å²) in [4.78, 5) is 13.3. The Kier molecular flexibility index (Phi) is 4.78. The summed E-state index contributed by atoms with van der Waals surface area (Å²) in [5, 5.41) is 5.13. The lowest BCUT2D eigenvalue weighted by Gasteiger charge is -2.10. The molecule has 0 radical (unpaired) electrons. The SMILES string of the molecule is NC(=O)c1cccc2c1c1ccc(-c3cccs3)cc1n2Cc1ccc(Cl)cc1Cl. The lowest BCUT2D eigenvalue weighted by molar-refractivity contribution is 0.100. The van der Waals surface area contributed by atoms with Crippen LogP contribution >= 0.6 is 34.5 Å². The van der Waals surface area contributed by atoms with Crippen molar-refractivity contribution in [3.63, 3.8) is 0 Å². The molecular formula is C24H16Cl2N2OS. The molecule has 0 saturated carbocycles. The van der Waals surface area contributed by atoms with Gasteiger partial charge in [-0.15, -0.1) is 11.3 Å². The molecule has 2 heterocycles. The van der Waals surface area contributed by atoms with Gasteiger partial charge in [0.25, 0.3) is 0 Å². The van der Waals surface area contributed by atoms with Gasteiger partial charge in [0.1, 0.15) is 0 Å². The van der Waals surface area contributed by atoms with Gasteiger partial charge in [-0.05, 0) is 52.9 Å². The third-order valence-corrected chi connectivity index (χ3v) is 6.81. The van der Waals surface area contributed by atoms with E-state index >= 15 is 0 Å². The van der Waals surface area contributed by atoms with Crippen LogP contribution in [0.4, 0.5) is 0 Å². The Morgan fingerprint density at radius 2 is 1.83 bits per heavy atom. The van der Waals surface area contributed by atoms with Gasteiger partial charge in [0, 0.05) is 37.8 Å². The van der Waals surface area contributed by atoms with Crippen molar-refractivity contribution in [2.75, 3.05) is 0 Å². The molecule has 0 aliphatic rings. The van der Waals surface area contributed by atoms with E-state index in [-0.39, 0.29) is 0 Å². The predicted octanol–water partition coefficient (Wildman–Crippen LogP) is 6.98. The number of nitrogens with zero attached hydrogens (tertiary/aromatic N) is 1. The molecule has 2 aromatic heterocycles. The topological polar surface area (TPSA) is 48.0 Å². The van der Waals surface area contributed by atoms with Crippen LogP contribution in [0.1, 0.15) is 15.9 Å². The van der Waals surface area contributed by atoms with E-state index in [0.717, 1.165) is 32.9 Å². The second-order valence-corrected chi connectivity index (χ2v) is 8.89. The van der Waals surface area contributed by atoms with Crippen molar-refractivity contribution in [2.24, 2.45) is 5.73 Å². The predicted molar refractivity (Wildman–Crippen MR) is 127 cm³/mol. The smallest absolute Gasteiger partial charge is 0.249 e. The molecule has 0 fully saturated rings. The average Bonchev–Trinajstić information content (AvgIpc) is 3.36. The van der Waals surface area contributed by atoms with E-state index < -0.39 is 5.91 Å². The summed E-state index contributed by atoms with van der Waals surface area (Å²) in [6.45, 7) is 0.548. The molecule has 0 saturated heterocycles. The number of benzene rings is 3. The number of amides is 1. The summed E-state index contributed by atoms with van der Waals surface area (Å²) in [5.74, 6) is -0.438. The minimum Gasteiger partial charge on any atom is -0.366 e. The normalized spacial score (nSPS) is 11.4. The van der Waals surface area contributed by atoms with Crippen molar-refractivity contribution in [3.05, 3.63) is 93.3 Å². The zero-order chi connectivity index (χ0) is 20.8. The van der Waals surface area contributed by atoms with Crippen molar-refractivity contribution in [3.8, 4) is 10.4 Å². The van der Waals surface area contributed by atoms with Crippen LogP contribution < -0.4 is 5.73 Å². The molecule has 5 aromatic rings. The van der Waals surface area contributed by atoms with Gasteiger partial charge in [0.2, 0.25) is 5.91 Å². The molecule has 2 N–H and O–H groups in total. The molecule has 5 rings (SSSR count). The Morgan fingerprint density at radius 1 is 0.967 bits per heavy atom. The van der Waals surface area contributed by atoms with Gasteiger partial charge in [-0.25, -0.2) is 0 Å². The Hall–Kier alpha value is -2.79. The van der Waals surface area contributed by atoms with Crippen LogP contribution in [0.3, 0.4) is 0 Å². The molecule has 0 aliphatic carbocycles. The second kappa shape index (κ2) is 7.47. The van der Waals surface area contributed by atoms with Crippen LogP contribution in [0.5, 0.6) is 0 Å². The van der Waals surface area contributed by atoms with Crippen LogP contribution in [0, 0.1) is 0 Å². The fourth-order valence-electron chi connectivity index (χ4n) is 3.94. The lowest BCUT2D eigenvalue weighted by Crippen LogP contribution is -2.11. The van der Waals surface area contributed by atoms with Crippen molar-refractivity contribution >= 4 is 62.3 Å². The number of fused-ring (bicyclic) bond motifs is 3. The fourth-order valence-corrected chi connectivity index (χ4v) is 5.13. The number of hydrogen-bond acceptors (Lipinski definition) is 2. The van der Waals surface area contributed by atoms with E-state index in [2.05, 4.69) is 34.2 Å². The average molecular weight is 451 g/mol.